The van der Waals surface area contributed by atoms with E-state index >= 15 is 4.57 Å². The number of hydrogen-bond acceptors (Lipinski definition) is 22. The summed E-state index contributed by atoms with van der Waals surface area (Å²) in [6, 6.07) is 101. The molecular weight excluding hydrogens is 1600 g/mol. The van der Waals surface area contributed by atoms with Gasteiger partial charge in [0, 0.05) is 20.6 Å². The summed E-state index contributed by atoms with van der Waals surface area (Å²) in [7, 11) is -2.03. The highest BCUT2D eigenvalue weighted by atomic mass is 31.2. The Labute approximate surface area is 726 Å². The number of ketones is 1. The van der Waals surface area contributed by atoms with Crippen molar-refractivity contribution >= 4 is 30.3 Å². The molecule has 11 aromatic carbocycles. The molecule has 0 N–H and O–H groups in total. The maximum absolute atomic E-state index is 16.8. The van der Waals surface area contributed by atoms with Crippen molar-refractivity contribution in [3.8, 4) is 0 Å². The number of phosphoric ester groups is 1. The molecule has 0 aliphatic carbocycles. The molecule has 0 aromatic heterocycles. The number of esters is 1. The lowest BCUT2D eigenvalue weighted by atomic mass is 10.1. The van der Waals surface area contributed by atoms with E-state index in [1.54, 1.807) is 0 Å². The molecule has 2 aliphatic heterocycles. The van der Waals surface area contributed by atoms with Crippen LogP contribution in [0.5, 0.6) is 0 Å². The first-order valence-corrected chi connectivity index (χ1v) is 43.5. The van der Waals surface area contributed by atoms with Gasteiger partial charge in [-0.3, -0.25) is 18.4 Å². The van der Waals surface area contributed by atoms with Crippen LogP contribution in [0.25, 0.3) is 10.8 Å². The summed E-state index contributed by atoms with van der Waals surface area (Å²) in [5, 5.41) is 2.21. The summed E-state index contributed by atoms with van der Waals surface area (Å²) in [6.45, 7) is 1.33. The van der Waals surface area contributed by atoms with Crippen LogP contribution in [-0.2, 0) is 170 Å². The van der Waals surface area contributed by atoms with Crippen LogP contribution in [0.3, 0.4) is 0 Å². The maximum atomic E-state index is 16.8. The zero-order chi connectivity index (χ0) is 85.6. The molecule has 0 amide bonds. The maximum Gasteiger partial charge on any atom is 0.475 e. The lowest BCUT2D eigenvalue weighted by molar-refractivity contribution is -0.221. The van der Waals surface area contributed by atoms with E-state index in [-0.39, 0.29) is 118 Å². The van der Waals surface area contributed by atoms with Crippen LogP contribution in [0, 0.1) is 0 Å². The molecule has 22 nitrogen and oxygen atoms in total. The summed E-state index contributed by atoms with van der Waals surface area (Å²) in [4.78, 5) is 25.8. The van der Waals surface area contributed by atoms with Crippen LogP contribution in [-0.4, -0.2) is 151 Å². The summed E-state index contributed by atoms with van der Waals surface area (Å²) in [5.74, 6) is -0.799. The van der Waals surface area contributed by atoms with Gasteiger partial charge in [0.25, 0.3) is 0 Å². The first kappa shape index (κ1) is 92.0. The van der Waals surface area contributed by atoms with Crippen LogP contribution in [0.15, 0.2) is 315 Å². The van der Waals surface area contributed by atoms with Crippen molar-refractivity contribution in [3.05, 3.63) is 371 Å². The number of carbonyl (C=O) groups excluding carboxylic acids is 2. The third-order valence-electron chi connectivity index (χ3n) is 21.2. The third-order valence-corrected chi connectivity index (χ3v) is 22.6. The summed E-state index contributed by atoms with van der Waals surface area (Å²) >= 11 is 0. The quantitative estimate of drug-likeness (QED) is 0.0255. The Bertz CT molecular complexity index is 4890. The fourth-order valence-electron chi connectivity index (χ4n) is 14.6. The Morgan fingerprint density at radius 2 is 0.653 bits per heavy atom. The zero-order valence-corrected chi connectivity index (χ0v) is 71.2. The van der Waals surface area contributed by atoms with E-state index < -0.39 is 106 Å². The third kappa shape index (κ3) is 29.2. The fourth-order valence-corrected chi connectivity index (χ4v) is 15.9. The van der Waals surface area contributed by atoms with E-state index in [1.807, 2.05) is 285 Å². The average Bonchev–Trinajstić information content (AvgIpc) is 1.64. The molecule has 11 aromatic rings. The molecule has 124 heavy (non-hydrogen) atoms. The van der Waals surface area contributed by atoms with E-state index in [9.17, 15) is 9.59 Å². The molecule has 15 atom stereocenters. The van der Waals surface area contributed by atoms with Crippen molar-refractivity contribution in [1.82, 2.24) is 0 Å². The molecule has 2 heterocycles. The Hall–Kier alpha value is -9.67. The smallest absolute Gasteiger partial charge is 0.456 e. The number of methoxy groups -OCH3 is 2. The molecule has 0 bridgehead atoms. The van der Waals surface area contributed by atoms with Gasteiger partial charge in [-0.15, -0.1) is 0 Å². The highest BCUT2D eigenvalue weighted by Gasteiger charge is 2.53. The number of Topliss-reactive ketones (excluding diaryl/α,β-unsaturated/α-hetero) is 1. The monoisotopic (exact) mass is 1710 g/mol. The van der Waals surface area contributed by atoms with Crippen molar-refractivity contribution in [1.29, 1.82) is 0 Å². The van der Waals surface area contributed by atoms with E-state index in [2.05, 4.69) is 30.3 Å². The van der Waals surface area contributed by atoms with Crippen LogP contribution >= 0.6 is 7.82 Å². The van der Waals surface area contributed by atoms with E-state index in [1.165, 1.54) is 21.1 Å². The minimum Gasteiger partial charge on any atom is -0.456 e. The molecule has 2 aliphatic rings. The highest BCUT2D eigenvalue weighted by Crippen LogP contribution is 2.54. The summed E-state index contributed by atoms with van der Waals surface area (Å²) in [6.07, 6.45) is -15.3. The molecule has 15 unspecified atom stereocenters. The first-order chi connectivity index (χ1) is 61.0. The molecule has 2 saturated heterocycles. The SMILES string of the molecule is COC1C(OCC(OCc2ccccc2)C(OCc2ccccc2)C(COP(=O)(OCc2ccccc2)OC2C(COCc3ccccc3)OC(OCC(OCc3ccccc3)C(OCc3ccccc3)C(COCc3ccc4ccccc4c3)OCc3ccccc3)C2OC)OCc2ccccc2)OC(COCc2ccccc2)C1OC(=O)CCC(C)=O. The van der Waals surface area contributed by atoms with E-state index in [0.29, 0.717) is 5.56 Å². The average molecular weight is 1710 g/mol. The summed E-state index contributed by atoms with van der Waals surface area (Å²) < 4.78 is 146. The second kappa shape index (κ2) is 49.9. The summed E-state index contributed by atoms with van der Waals surface area (Å²) in [5.41, 5.74) is 8.57. The molecule has 23 heteroatoms. The number of benzene rings is 11. The number of phosphoric acid groups is 1. The standard InChI is InChI=1S/C101H111O22P/c1-74(102)53-56-93(103)122-96-91(69-107-58-75-33-13-4-14-34-75)120-100(98(96)105-2)116-72-89(112-63-79-41-21-8-22-42-79)95(115-66-82-47-27-11-28-48-82)90(113-64-80-43-23-9-24-44-80)73-119-124(104,118-67-83-49-29-12-30-50-83)123-97-92(70-108-59-76-35-15-5-16-36-76)121-101(99(97)106-3)117-71-88(111-62-78-39-19-7-20-40-78)94(114-65-81-45-25-10-26-46-81)87(110-61-77-37-17-6-18-38-77)68-109-60-84-54-55-85-51-31-32-52-86(85)57-84/h4-52,54-55,57,87-92,94-101H,53,56,58-73H2,1-3H3. The van der Waals surface area contributed by atoms with Gasteiger partial charge < -0.3 is 80.6 Å². The van der Waals surface area contributed by atoms with Crippen LogP contribution < -0.4 is 0 Å². The minimum atomic E-state index is -5.00. The normalized spacial score (nSPS) is 19.6. The van der Waals surface area contributed by atoms with Crippen molar-refractivity contribution in [2.45, 2.75) is 172 Å². The molecule has 13 rings (SSSR count). The van der Waals surface area contributed by atoms with E-state index in [0.717, 1.165) is 60.8 Å². The lowest BCUT2D eigenvalue weighted by Gasteiger charge is -2.35. The number of fused-ring (bicyclic) bond motifs is 1. The van der Waals surface area contributed by atoms with Gasteiger partial charge in [0.2, 0.25) is 0 Å². The van der Waals surface area contributed by atoms with Gasteiger partial charge >= 0.3 is 13.8 Å². The van der Waals surface area contributed by atoms with E-state index in [4.69, 9.17) is 89.4 Å². The molecule has 2 fully saturated rings. The van der Waals surface area contributed by atoms with Crippen molar-refractivity contribution in [3.63, 3.8) is 0 Å². The number of ether oxygens (including phenoxy) is 16. The Morgan fingerprint density at radius 3 is 1.05 bits per heavy atom. The number of carbonyl (C=O) groups is 2. The molecule has 0 radical (unpaired) electrons. The lowest BCUT2D eigenvalue weighted by Crippen LogP contribution is -2.48. The van der Waals surface area contributed by atoms with Gasteiger partial charge in [-0.1, -0.05) is 309 Å². The molecular formula is C101H111O22P. The van der Waals surface area contributed by atoms with Gasteiger partial charge in [0.05, 0.1) is 112 Å². The first-order valence-electron chi connectivity index (χ1n) is 42.1. The number of hydrogen-bond donors (Lipinski definition) is 0. The molecule has 652 valence electrons. The van der Waals surface area contributed by atoms with Gasteiger partial charge in [0.1, 0.15) is 72.9 Å². The van der Waals surface area contributed by atoms with Crippen LogP contribution in [0.1, 0.15) is 75.4 Å². The highest BCUT2D eigenvalue weighted by molar-refractivity contribution is 7.48. The molecule has 0 saturated carbocycles. The second-order valence-electron chi connectivity index (χ2n) is 30.4. The second-order valence-corrected chi connectivity index (χ2v) is 32.1. The Kier molecular flexibility index (Phi) is 37.0. The minimum absolute atomic E-state index is 0.00427. The fraction of sp³-hybridized carbons (Fsp3) is 0.347. The van der Waals surface area contributed by atoms with Gasteiger partial charge in [-0.25, -0.2) is 4.57 Å². The van der Waals surface area contributed by atoms with Gasteiger partial charge in [0.15, 0.2) is 18.7 Å². The topological polar surface area (TPSA) is 227 Å². The van der Waals surface area contributed by atoms with Gasteiger partial charge in [-0.2, -0.15) is 0 Å². The van der Waals surface area contributed by atoms with Gasteiger partial charge in [-0.05, 0) is 79.4 Å². The molecule has 0 spiro atoms. The number of rotatable bonds is 54. The Balaban J connectivity index is 0.835. The van der Waals surface area contributed by atoms with Crippen molar-refractivity contribution in [2.75, 3.05) is 53.9 Å². The predicted octanol–water partition coefficient (Wildman–Crippen LogP) is 17.8. The largest absolute Gasteiger partial charge is 0.475 e. The van der Waals surface area contributed by atoms with Crippen LogP contribution in [0.2, 0.25) is 0 Å². The van der Waals surface area contributed by atoms with Crippen LogP contribution in [0.4, 0.5) is 0 Å². The Morgan fingerprint density at radius 1 is 0.323 bits per heavy atom. The predicted molar refractivity (Wildman–Crippen MR) is 466 cm³/mol. The zero-order valence-electron chi connectivity index (χ0n) is 70.3. The van der Waals surface area contributed by atoms with Crippen molar-refractivity contribution < 1.29 is 104 Å². The van der Waals surface area contributed by atoms with Crippen molar-refractivity contribution in [2.24, 2.45) is 0 Å².